The van der Waals surface area contributed by atoms with E-state index in [1.807, 2.05) is 0 Å². The van der Waals surface area contributed by atoms with Crippen molar-refractivity contribution in [2.24, 2.45) is 0 Å². The number of hydrogen-bond acceptors (Lipinski definition) is 2. The van der Waals surface area contributed by atoms with Crippen molar-refractivity contribution in [2.45, 2.75) is 0 Å². The van der Waals surface area contributed by atoms with Crippen LogP contribution in [0.3, 0.4) is 0 Å². The molecule has 0 aliphatic heterocycles. The SMILES string of the molecule is c1ccc(-c2ccc(N(c3ccc(-c4ccc(N(c5ccc6ccccc6c5)c5cccc6ccccc56)cc4)cc3)c3cccc4ccccc34)cc2-c2ccccc2)cc1. The van der Waals surface area contributed by atoms with Gasteiger partial charge in [-0.1, -0.05) is 194 Å². The summed E-state index contributed by atoms with van der Waals surface area (Å²) < 4.78 is 0. The molecular formula is C60H42N2. The summed E-state index contributed by atoms with van der Waals surface area (Å²) in [5.41, 5.74) is 13.8. The Balaban J connectivity index is 0.996. The van der Waals surface area contributed by atoms with Gasteiger partial charge < -0.3 is 9.80 Å². The normalized spacial score (nSPS) is 11.2. The Morgan fingerprint density at radius 2 is 0.613 bits per heavy atom. The zero-order valence-electron chi connectivity index (χ0n) is 34.1. The molecule has 11 aromatic carbocycles. The lowest BCUT2D eigenvalue weighted by Crippen LogP contribution is -2.11. The number of hydrogen-bond donors (Lipinski definition) is 0. The highest BCUT2D eigenvalue weighted by molar-refractivity contribution is 6.02. The van der Waals surface area contributed by atoms with E-state index in [0.29, 0.717) is 0 Å². The summed E-state index contributed by atoms with van der Waals surface area (Å²) in [5, 5.41) is 7.28. The maximum atomic E-state index is 2.40. The average Bonchev–Trinajstić information content (AvgIpc) is 3.35. The van der Waals surface area contributed by atoms with E-state index >= 15 is 0 Å². The molecule has 0 atom stereocenters. The van der Waals surface area contributed by atoms with E-state index in [2.05, 4.69) is 265 Å². The van der Waals surface area contributed by atoms with E-state index in [4.69, 9.17) is 0 Å². The Bertz CT molecular complexity index is 3330. The summed E-state index contributed by atoms with van der Waals surface area (Å²) in [6.07, 6.45) is 0. The fraction of sp³-hybridized carbons (Fsp3) is 0. The lowest BCUT2D eigenvalue weighted by Gasteiger charge is -2.28. The van der Waals surface area contributed by atoms with Crippen LogP contribution in [-0.4, -0.2) is 0 Å². The van der Waals surface area contributed by atoms with Gasteiger partial charge in [0.15, 0.2) is 0 Å². The number of rotatable bonds is 9. The number of benzene rings is 11. The first-order valence-corrected chi connectivity index (χ1v) is 21.3. The lowest BCUT2D eigenvalue weighted by atomic mass is 9.93. The van der Waals surface area contributed by atoms with Crippen molar-refractivity contribution in [2.75, 3.05) is 9.80 Å². The van der Waals surface area contributed by atoms with Gasteiger partial charge in [-0.05, 0) is 116 Å². The number of fused-ring (bicyclic) bond motifs is 3. The van der Waals surface area contributed by atoms with Crippen LogP contribution in [0.5, 0.6) is 0 Å². The van der Waals surface area contributed by atoms with Crippen LogP contribution in [-0.2, 0) is 0 Å². The maximum absolute atomic E-state index is 2.40. The minimum Gasteiger partial charge on any atom is -0.310 e. The maximum Gasteiger partial charge on any atom is 0.0540 e. The molecule has 0 aliphatic rings. The minimum atomic E-state index is 1.09. The molecule has 0 saturated heterocycles. The summed E-state index contributed by atoms with van der Waals surface area (Å²) in [6, 6.07) is 92.1. The zero-order valence-corrected chi connectivity index (χ0v) is 34.1. The smallest absolute Gasteiger partial charge is 0.0540 e. The van der Waals surface area contributed by atoms with Gasteiger partial charge in [-0.3, -0.25) is 0 Å². The van der Waals surface area contributed by atoms with Gasteiger partial charge in [0.05, 0.1) is 11.4 Å². The second-order valence-electron chi connectivity index (χ2n) is 15.8. The van der Waals surface area contributed by atoms with E-state index < -0.39 is 0 Å². The zero-order chi connectivity index (χ0) is 41.2. The van der Waals surface area contributed by atoms with Crippen molar-refractivity contribution in [3.05, 3.63) is 255 Å². The Morgan fingerprint density at radius 1 is 0.210 bits per heavy atom. The van der Waals surface area contributed by atoms with Crippen LogP contribution in [0.2, 0.25) is 0 Å². The molecule has 0 unspecified atom stereocenters. The molecule has 2 heteroatoms. The molecule has 11 rings (SSSR count). The third kappa shape index (κ3) is 6.94. The predicted molar refractivity (Wildman–Crippen MR) is 265 cm³/mol. The Kier molecular flexibility index (Phi) is 9.57. The molecule has 0 aromatic heterocycles. The summed E-state index contributed by atoms with van der Waals surface area (Å²) in [5.74, 6) is 0. The second-order valence-corrected chi connectivity index (χ2v) is 15.8. The molecule has 0 spiro atoms. The van der Waals surface area contributed by atoms with Gasteiger partial charge in [0.1, 0.15) is 0 Å². The fourth-order valence-corrected chi connectivity index (χ4v) is 8.98. The van der Waals surface area contributed by atoms with E-state index in [1.165, 1.54) is 54.6 Å². The highest BCUT2D eigenvalue weighted by atomic mass is 15.1. The van der Waals surface area contributed by atoms with Gasteiger partial charge in [-0.25, -0.2) is 0 Å². The molecule has 0 amide bonds. The molecule has 292 valence electrons. The first-order valence-electron chi connectivity index (χ1n) is 21.3. The van der Waals surface area contributed by atoms with Gasteiger partial charge in [0.25, 0.3) is 0 Å². The monoisotopic (exact) mass is 790 g/mol. The van der Waals surface area contributed by atoms with Crippen LogP contribution >= 0.6 is 0 Å². The molecule has 0 radical (unpaired) electrons. The number of nitrogens with zero attached hydrogens (tertiary/aromatic N) is 2. The van der Waals surface area contributed by atoms with Crippen LogP contribution in [0.1, 0.15) is 0 Å². The first kappa shape index (κ1) is 36.8. The molecule has 0 N–H and O–H groups in total. The summed E-state index contributed by atoms with van der Waals surface area (Å²) in [6.45, 7) is 0. The van der Waals surface area contributed by atoms with Gasteiger partial charge >= 0.3 is 0 Å². The number of anilines is 6. The highest BCUT2D eigenvalue weighted by Crippen LogP contribution is 2.44. The fourth-order valence-electron chi connectivity index (χ4n) is 8.98. The molecule has 62 heavy (non-hydrogen) atoms. The first-order chi connectivity index (χ1) is 30.7. The van der Waals surface area contributed by atoms with Gasteiger partial charge in [0, 0.05) is 33.5 Å². The molecular weight excluding hydrogens is 749 g/mol. The molecule has 0 bridgehead atoms. The topological polar surface area (TPSA) is 6.48 Å². The minimum absolute atomic E-state index is 1.09. The molecule has 0 heterocycles. The average molecular weight is 791 g/mol. The van der Waals surface area contributed by atoms with E-state index in [9.17, 15) is 0 Å². The molecule has 0 saturated carbocycles. The van der Waals surface area contributed by atoms with Crippen molar-refractivity contribution in [3.8, 4) is 33.4 Å². The van der Waals surface area contributed by atoms with Crippen LogP contribution in [0, 0.1) is 0 Å². The second kappa shape index (κ2) is 16.1. The van der Waals surface area contributed by atoms with E-state index in [-0.39, 0.29) is 0 Å². The van der Waals surface area contributed by atoms with Crippen LogP contribution in [0.25, 0.3) is 65.7 Å². The van der Waals surface area contributed by atoms with Crippen LogP contribution in [0.4, 0.5) is 34.1 Å². The molecule has 11 aromatic rings. The third-order valence-corrected chi connectivity index (χ3v) is 12.0. The highest BCUT2D eigenvalue weighted by Gasteiger charge is 2.20. The lowest BCUT2D eigenvalue weighted by molar-refractivity contribution is 1.29. The molecule has 0 fully saturated rings. The van der Waals surface area contributed by atoms with Crippen molar-refractivity contribution >= 4 is 66.4 Å². The van der Waals surface area contributed by atoms with E-state index in [1.54, 1.807) is 0 Å². The van der Waals surface area contributed by atoms with Crippen molar-refractivity contribution < 1.29 is 0 Å². The summed E-state index contributed by atoms with van der Waals surface area (Å²) >= 11 is 0. The van der Waals surface area contributed by atoms with Crippen molar-refractivity contribution in [3.63, 3.8) is 0 Å². The van der Waals surface area contributed by atoms with Crippen LogP contribution < -0.4 is 9.80 Å². The van der Waals surface area contributed by atoms with E-state index in [0.717, 1.165) is 45.3 Å². The van der Waals surface area contributed by atoms with Gasteiger partial charge in [0.2, 0.25) is 0 Å². The Morgan fingerprint density at radius 3 is 1.16 bits per heavy atom. The van der Waals surface area contributed by atoms with Gasteiger partial charge in [-0.2, -0.15) is 0 Å². The predicted octanol–water partition coefficient (Wildman–Crippen LogP) is 17.1. The summed E-state index contributed by atoms with van der Waals surface area (Å²) in [4.78, 5) is 4.79. The standard InChI is InChI=1S/C60H42N2/c1-3-16-46(17-4-1)55-40-39-54(42-58(55)49-18-5-2-6-19-49)62(60-28-14-24-48-21-10-12-26-57(48)60)52-36-31-45(32-37-52)44-29-34-51(35-30-44)61(53-38-33-43-15-7-8-22-50(43)41-53)59-27-13-23-47-20-9-11-25-56(47)59/h1-42H. The molecule has 0 aliphatic carbocycles. The summed E-state index contributed by atoms with van der Waals surface area (Å²) in [7, 11) is 0. The van der Waals surface area contributed by atoms with Crippen molar-refractivity contribution in [1.82, 2.24) is 0 Å². The molecule has 2 nitrogen and oxygen atoms in total. The largest absolute Gasteiger partial charge is 0.310 e. The Labute approximate surface area is 362 Å². The quantitative estimate of drug-likeness (QED) is 0.144. The third-order valence-electron chi connectivity index (χ3n) is 12.0. The van der Waals surface area contributed by atoms with Crippen molar-refractivity contribution in [1.29, 1.82) is 0 Å². The Hall–Kier alpha value is -8.20. The van der Waals surface area contributed by atoms with Crippen LogP contribution in [0.15, 0.2) is 255 Å². The van der Waals surface area contributed by atoms with Gasteiger partial charge in [-0.15, -0.1) is 0 Å².